The molecule has 30 heavy (non-hydrogen) atoms. The number of carboxylic acid groups (broad SMARTS) is 1. The molecule has 0 aliphatic heterocycles. The Bertz CT molecular complexity index is 743. The van der Waals surface area contributed by atoms with Crippen molar-refractivity contribution in [1.82, 2.24) is 0 Å². The van der Waals surface area contributed by atoms with Gasteiger partial charge >= 0.3 is 192 Å². The number of thiophene rings is 1. The van der Waals surface area contributed by atoms with E-state index in [-0.39, 0.29) is 18.3 Å². The van der Waals surface area contributed by atoms with E-state index in [2.05, 4.69) is 28.9 Å². The predicted octanol–water partition coefficient (Wildman–Crippen LogP) is 3.79. The minimum atomic E-state index is -0.817. The molecule has 1 aromatic rings. The summed E-state index contributed by atoms with van der Waals surface area (Å²) in [6.45, 7) is 2.06. The van der Waals surface area contributed by atoms with Crippen LogP contribution in [-0.2, 0) is 16.0 Å². The molecule has 0 spiro atoms. The van der Waals surface area contributed by atoms with Crippen LogP contribution in [0.4, 0.5) is 0 Å². The minimum absolute atomic E-state index is 0.0373. The third-order valence-electron chi connectivity index (χ3n) is 5.26. The summed E-state index contributed by atoms with van der Waals surface area (Å²) < 4.78 is 6.86. The van der Waals surface area contributed by atoms with Gasteiger partial charge in [0.15, 0.2) is 0 Å². The van der Waals surface area contributed by atoms with E-state index in [1.807, 2.05) is 6.08 Å². The Hall–Kier alpha value is -1.22. The molecule has 1 radical (unpaired) electrons. The summed E-state index contributed by atoms with van der Waals surface area (Å²) in [5.41, 5.74) is 0. The van der Waals surface area contributed by atoms with Gasteiger partial charge in [0.1, 0.15) is 0 Å². The number of halogens is 1. The Balaban J connectivity index is 1.89. The van der Waals surface area contributed by atoms with Crippen molar-refractivity contribution in [3.05, 3.63) is 44.8 Å². The fourth-order valence-electron chi connectivity index (χ4n) is 3.58. The molecule has 0 bridgehead atoms. The third kappa shape index (κ3) is 7.80. The van der Waals surface area contributed by atoms with Gasteiger partial charge in [0.05, 0.1) is 0 Å². The van der Waals surface area contributed by atoms with Crippen molar-refractivity contribution < 1.29 is 24.9 Å². The number of hydrogen-bond acceptors (Lipinski definition) is 5. The molecule has 8 heteroatoms. The van der Waals surface area contributed by atoms with Crippen LogP contribution in [0.1, 0.15) is 41.9 Å². The fraction of sp³-hybridized carbons (Fsp3) is 0.545. The normalized spacial score (nSPS) is 25.2. The maximum atomic E-state index is 10.5. The van der Waals surface area contributed by atoms with E-state index in [0.717, 1.165) is 10.9 Å². The molecule has 1 saturated carbocycles. The van der Waals surface area contributed by atoms with Crippen LogP contribution in [0.3, 0.4) is 0 Å². The zero-order valence-electron chi connectivity index (χ0n) is 17.1. The summed E-state index contributed by atoms with van der Waals surface area (Å²) in [6.07, 6.45) is 8.43. The van der Waals surface area contributed by atoms with Gasteiger partial charge in [-0.1, -0.05) is 0 Å². The van der Waals surface area contributed by atoms with Crippen molar-refractivity contribution in [3.63, 3.8) is 0 Å². The van der Waals surface area contributed by atoms with Crippen LogP contribution < -0.4 is 0 Å². The molecule has 1 aliphatic carbocycles. The fourth-order valence-corrected chi connectivity index (χ4v) is 5.20. The first kappa shape index (κ1) is 25.0. The Morgan fingerprint density at radius 3 is 2.90 bits per heavy atom. The molecule has 0 amide bonds. The number of carboxylic acids is 1. The molecule has 1 fully saturated rings. The number of aliphatic hydroxyl groups excluding tert-OH is 2. The SMILES string of the molecule is [B]=C[C@@H]1CC(O)[C@H](O/C=C\CCCC(=O)O)[C@H]1/C=C/[C@@H](O)CCc1cc(Br)c(C)s1. The molecule has 5 atom stereocenters. The standard InChI is InChI=1S/C22H29BBrO5S/c1-14-19(24)12-17(30-14)8-6-16(25)7-9-18-15(13-23)11-20(26)22(18)29-10-4-2-3-5-21(27)28/h4,7,9-10,12-13,15-16,18,20,22,25-26H,2-3,5-6,8,11H2,1H3,(H,27,28)/b9-7+,10-4-/t15-,16-,18-,20?,22+/m0/s1. The Labute approximate surface area is 191 Å². The van der Waals surface area contributed by atoms with E-state index >= 15 is 0 Å². The predicted molar refractivity (Wildman–Crippen MR) is 125 cm³/mol. The topological polar surface area (TPSA) is 87.0 Å². The number of aryl methyl sites for hydroxylation is 2. The van der Waals surface area contributed by atoms with Crippen molar-refractivity contribution in [2.75, 3.05) is 0 Å². The molecule has 1 aliphatic rings. The van der Waals surface area contributed by atoms with E-state index in [9.17, 15) is 15.0 Å². The molecule has 1 unspecified atom stereocenters. The van der Waals surface area contributed by atoms with Crippen LogP contribution in [-0.4, -0.2) is 53.1 Å². The number of allylic oxidation sites excluding steroid dienone is 1. The van der Waals surface area contributed by atoms with Crippen molar-refractivity contribution in [2.24, 2.45) is 11.8 Å². The van der Waals surface area contributed by atoms with Crippen molar-refractivity contribution in [2.45, 2.75) is 63.8 Å². The molecular formula is C22H29BBrO5S. The molecule has 0 saturated heterocycles. The zero-order chi connectivity index (χ0) is 22.1. The van der Waals surface area contributed by atoms with Crippen LogP contribution in [0, 0.1) is 18.8 Å². The van der Waals surface area contributed by atoms with Crippen LogP contribution in [0.15, 0.2) is 35.0 Å². The zero-order valence-corrected chi connectivity index (χ0v) is 19.5. The van der Waals surface area contributed by atoms with Gasteiger partial charge in [0.25, 0.3) is 0 Å². The Kier molecular flexibility index (Phi) is 10.5. The van der Waals surface area contributed by atoms with Crippen LogP contribution in [0.25, 0.3) is 0 Å². The summed E-state index contributed by atoms with van der Waals surface area (Å²) >= 11 is 5.24. The summed E-state index contributed by atoms with van der Waals surface area (Å²) in [4.78, 5) is 13.0. The molecule has 0 aromatic carbocycles. The quantitative estimate of drug-likeness (QED) is 0.178. The second-order valence-corrected chi connectivity index (χ2v) is 9.80. The van der Waals surface area contributed by atoms with Gasteiger partial charge in [-0.3, -0.25) is 0 Å². The maximum absolute atomic E-state index is 10.5. The monoisotopic (exact) mass is 495 g/mol. The van der Waals surface area contributed by atoms with Crippen molar-refractivity contribution in [3.8, 4) is 0 Å². The van der Waals surface area contributed by atoms with E-state index in [0.29, 0.717) is 25.7 Å². The average molecular weight is 496 g/mol. The molecular weight excluding hydrogens is 467 g/mol. The van der Waals surface area contributed by atoms with E-state index in [1.54, 1.807) is 29.5 Å². The second kappa shape index (κ2) is 12.6. The van der Waals surface area contributed by atoms with Gasteiger partial charge in [0.2, 0.25) is 0 Å². The average Bonchev–Trinajstić information content (AvgIpc) is 3.19. The molecule has 3 N–H and O–H groups in total. The molecule has 1 heterocycles. The van der Waals surface area contributed by atoms with Gasteiger partial charge in [0, 0.05) is 0 Å². The number of unbranched alkanes of at least 4 members (excludes halogenated alkanes) is 1. The Morgan fingerprint density at radius 1 is 1.50 bits per heavy atom. The first-order chi connectivity index (χ1) is 14.3. The van der Waals surface area contributed by atoms with Gasteiger partial charge in [-0.2, -0.15) is 0 Å². The van der Waals surface area contributed by atoms with Gasteiger partial charge in [-0.05, 0) is 0 Å². The number of carbonyl (C=O) groups is 1. The molecule has 2 rings (SSSR count). The summed E-state index contributed by atoms with van der Waals surface area (Å²) in [7, 11) is 5.76. The van der Waals surface area contributed by atoms with Gasteiger partial charge in [-0.15, -0.1) is 0 Å². The first-order valence-electron chi connectivity index (χ1n) is 10.2. The van der Waals surface area contributed by atoms with E-state index in [1.165, 1.54) is 16.0 Å². The summed E-state index contributed by atoms with van der Waals surface area (Å²) in [5.74, 6) is 0.588. The molecule has 163 valence electrons. The number of hydrogen-bond donors (Lipinski definition) is 3. The second-order valence-electron chi connectivity index (χ2n) is 7.60. The van der Waals surface area contributed by atoms with Crippen LogP contribution >= 0.6 is 27.3 Å². The summed E-state index contributed by atoms with van der Waals surface area (Å²) in [6, 6.07) is 2.09. The third-order valence-corrected chi connectivity index (χ3v) is 7.45. The van der Waals surface area contributed by atoms with Crippen molar-refractivity contribution >= 4 is 46.7 Å². The van der Waals surface area contributed by atoms with Crippen LogP contribution in [0.5, 0.6) is 0 Å². The molecule has 1 aromatic heterocycles. The number of aliphatic hydroxyl groups is 2. The number of aliphatic carboxylic acids is 1. The van der Waals surface area contributed by atoms with E-state index < -0.39 is 24.3 Å². The van der Waals surface area contributed by atoms with E-state index in [4.69, 9.17) is 17.3 Å². The van der Waals surface area contributed by atoms with Crippen molar-refractivity contribution in [1.29, 1.82) is 0 Å². The number of rotatable bonds is 12. The molecule has 5 nitrogen and oxygen atoms in total. The summed E-state index contributed by atoms with van der Waals surface area (Å²) in [5, 5.41) is 29.4. The number of ether oxygens (including phenoxy) is 1. The van der Waals surface area contributed by atoms with Gasteiger partial charge < -0.3 is 0 Å². The first-order valence-corrected chi connectivity index (χ1v) is 11.8. The Morgan fingerprint density at radius 2 is 2.27 bits per heavy atom. The van der Waals surface area contributed by atoms with Gasteiger partial charge in [-0.25, -0.2) is 0 Å². The van der Waals surface area contributed by atoms with Crippen LogP contribution in [0.2, 0.25) is 0 Å².